The van der Waals surface area contributed by atoms with Gasteiger partial charge in [-0.3, -0.25) is 0 Å². The van der Waals surface area contributed by atoms with E-state index in [0.29, 0.717) is 11.5 Å². The largest absolute Gasteiger partial charge is 0.409 e. The van der Waals surface area contributed by atoms with Crippen molar-refractivity contribution in [2.75, 3.05) is 18.5 Å². The van der Waals surface area contributed by atoms with Gasteiger partial charge < -0.3 is 15.8 Å². The van der Waals surface area contributed by atoms with Crippen molar-refractivity contribution in [1.82, 2.24) is 4.98 Å². The second-order valence-corrected chi connectivity index (χ2v) is 5.63. The second kappa shape index (κ2) is 6.43. The molecule has 0 spiro atoms. The Morgan fingerprint density at radius 2 is 2.10 bits per heavy atom. The highest BCUT2D eigenvalue weighted by Crippen LogP contribution is 2.22. The number of hydrogen-bond donors (Lipinski definition) is 2. The van der Waals surface area contributed by atoms with Gasteiger partial charge in [0.15, 0.2) is 5.84 Å². The summed E-state index contributed by atoms with van der Waals surface area (Å²) in [5.41, 5.74) is 7.35. The topological polar surface area (TPSA) is 74.7 Å². The summed E-state index contributed by atoms with van der Waals surface area (Å²) in [4.78, 5) is 6.76. The molecule has 0 aliphatic rings. The zero-order valence-electron chi connectivity index (χ0n) is 12.7. The number of rotatable bonds is 5. The Labute approximate surface area is 125 Å². The number of aromatic nitrogens is 1. The first-order valence-corrected chi connectivity index (χ1v) is 7.11. The number of hydrogen-bond acceptors (Lipinski definition) is 4. The summed E-state index contributed by atoms with van der Waals surface area (Å²) >= 11 is 0. The van der Waals surface area contributed by atoms with Gasteiger partial charge in [-0.2, -0.15) is 0 Å². The number of nitrogens with two attached hydrogens (primary N) is 1. The van der Waals surface area contributed by atoms with Crippen LogP contribution in [0.4, 0.5) is 5.82 Å². The molecule has 0 amide bonds. The SMILES string of the molecule is CC(C)CCN(C)c1cc(C(N)=NO)c2ccccc2n1. The van der Waals surface area contributed by atoms with E-state index in [4.69, 9.17) is 10.9 Å². The van der Waals surface area contributed by atoms with Crippen molar-refractivity contribution < 1.29 is 5.21 Å². The van der Waals surface area contributed by atoms with Gasteiger partial charge in [0.2, 0.25) is 0 Å². The van der Waals surface area contributed by atoms with Crippen LogP contribution in [0.25, 0.3) is 10.9 Å². The number of anilines is 1. The van der Waals surface area contributed by atoms with E-state index in [1.807, 2.05) is 37.4 Å². The first-order valence-electron chi connectivity index (χ1n) is 7.11. The lowest BCUT2D eigenvalue weighted by molar-refractivity contribution is 0.318. The molecule has 112 valence electrons. The smallest absolute Gasteiger partial charge is 0.170 e. The first-order chi connectivity index (χ1) is 10.0. The summed E-state index contributed by atoms with van der Waals surface area (Å²) in [6.45, 7) is 5.31. The lowest BCUT2D eigenvalue weighted by Gasteiger charge is -2.20. The number of pyridine rings is 1. The highest BCUT2D eigenvalue weighted by atomic mass is 16.4. The van der Waals surface area contributed by atoms with Gasteiger partial charge in [-0.05, 0) is 24.5 Å². The van der Waals surface area contributed by atoms with Gasteiger partial charge in [0.05, 0.1) is 5.52 Å². The van der Waals surface area contributed by atoms with Crippen molar-refractivity contribution in [2.24, 2.45) is 16.8 Å². The highest BCUT2D eigenvalue weighted by Gasteiger charge is 2.12. The van der Waals surface area contributed by atoms with Crippen LogP contribution in [0.5, 0.6) is 0 Å². The number of amidine groups is 1. The number of fused-ring (bicyclic) bond motifs is 1. The Morgan fingerprint density at radius 1 is 1.38 bits per heavy atom. The molecule has 5 nitrogen and oxygen atoms in total. The lowest BCUT2D eigenvalue weighted by atomic mass is 10.1. The number of nitrogens with zero attached hydrogens (tertiary/aromatic N) is 3. The fourth-order valence-corrected chi connectivity index (χ4v) is 2.19. The zero-order valence-corrected chi connectivity index (χ0v) is 12.7. The molecule has 1 aromatic heterocycles. The van der Waals surface area contributed by atoms with Crippen molar-refractivity contribution in [2.45, 2.75) is 20.3 Å². The van der Waals surface area contributed by atoms with E-state index in [1.54, 1.807) is 0 Å². The first kappa shape index (κ1) is 15.1. The van der Waals surface area contributed by atoms with Crippen LogP contribution >= 0.6 is 0 Å². The van der Waals surface area contributed by atoms with Crippen LogP contribution in [0.1, 0.15) is 25.8 Å². The van der Waals surface area contributed by atoms with Gasteiger partial charge in [0.1, 0.15) is 5.82 Å². The Kier molecular flexibility index (Phi) is 4.62. The average molecular weight is 286 g/mol. The van der Waals surface area contributed by atoms with E-state index in [0.717, 1.165) is 29.7 Å². The van der Waals surface area contributed by atoms with E-state index in [1.165, 1.54) is 0 Å². The molecule has 1 heterocycles. The van der Waals surface area contributed by atoms with Crippen molar-refractivity contribution in [1.29, 1.82) is 0 Å². The molecule has 0 radical (unpaired) electrons. The second-order valence-electron chi connectivity index (χ2n) is 5.63. The summed E-state index contributed by atoms with van der Waals surface area (Å²) in [5.74, 6) is 1.57. The molecule has 1 aromatic carbocycles. The molecule has 0 bridgehead atoms. The van der Waals surface area contributed by atoms with Gasteiger partial charge in [-0.1, -0.05) is 37.2 Å². The number of benzene rings is 1. The molecule has 0 atom stereocenters. The van der Waals surface area contributed by atoms with Crippen LogP contribution in [-0.2, 0) is 0 Å². The third-order valence-electron chi connectivity index (χ3n) is 3.52. The minimum Gasteiger partial charge on any atom is -0.409 e. The fraction of sp³-hybridized carbons (Fsp3) is 0.375. The third kappa shape index (κ3) is 3.42. The van der Waals surface area contributed by atoms with Crippen molar-refractivity contribution >= 4 is 22.6 Å². The summed E-state index contributed by atoms with van der Waals surface area (Å²) in [7, 11) is 2.01. The van der Waals surface area contributed by atoms with Crippen LogP contribution in [0.3, 0.4) is 0 Å². The van der Waals surface area contributed by atoms with Gasteiger partial charge in [-0.15, -0.1) is 0 Å². The molecule has 21 heavy (non-hydrogen) atoms. The molecule has 2 aromatic rings. The molecular formula is C16H22N4O. The van der Waals surface area contributed by atoms with Crippen molar-refractivity contribution in [3.05, 3.63) is 35.9 Å². The predicted molar refractivity (Wildman–Crippen MR) is 87.0 cm³/mol. The number of para-hydroxylation sites is 1. The minimum absolute atomic E-state index is 0.104. The summed E-state index contributed by atoms with van der Waals surface area (Å²) in [6.07, 6.45) is 1.09. The Morgan fingerprint density at radius 3 is 2.76 bits per heavy atom. The van der Waals surface area contributed by atoms with Crippen LogP contribution in [-0.4, -0.2) is 29.6 Å². The van der Waals surface area contributed by atoms with E-state index in [2.05, 4.69) is 28.9 Å². The molecule has 2 rings (SSSR count). The lowest BCUT2D eigenvalue weighted by Crippen LogP contribution is -2.22. The van der Waals surface area contributed by atoms with Crippen LogP contribution in [0.15, 0.2) is 35.5 Å². The Bertz CT molecular complexity index is 652. The average Bonchev–Trinajstić information content (AvgIpc) is 2.50. The molecule has 5 heteroatoms. The third-order valence-corrected chi connectivity index (χ3v) is 3.52. The van der Waals surface area contributed by atoms with Crippen LogP contribution in [0.2, 0.25) is 0 Å². The van der Waals surface area contributed by atoms with Gasteiger partial charge in [0.25, 0.3) is 0 Å². The summed E-state index contributed by atoms with van der Waals surface area (Å²) in [6, 6.07) is 9.58. The molecule has 0 aliphatic carbocycles. The zero-order chi connectivity index (χ0) is 15.4. The molecular weight excluding hydrogens is 264 g/mol. The predicted octanol–water partition coefficient (Wildman–Crippen LogP) is 2.81. The van der Waals surface area contributed by atoms with E-state index in [9.17, 15) is 0 Å². The van der Waals surface area contributed by atoms with Gasteiger partial charge in [0, 0.05) is 24.5 Å². The van der Waals surface area contributed by atoms with Crippen molar-refractivity contribution in [3.63, 3.8) is 0 Å². The van der Waals surface area contributed by atoms with Gasteiger partial charge in [-0.25, -0.2) is 4.98 Å². The summed E-state index contributed by atoms with van der Waals surface area (Å²) in [5, 5.41) is 13.0. The monoisotopic (exact) mass is 286 g/mol. The maximum atomic E-state index is 8.98. The highest BCUT2D eigenvalue weighted by molar-refractivity contribution is 6.08. The van der Waals surface area contributed by atoms with Crippen molar-refractivity contribution in [3.8, 4) is 0 Å². The quantitative estimate of drug-likeness (QED) is 0.383. The molecule has 0 saturated heterocycles. The van der Waals surface area contributed by atoms with E-state index in [-0.39, 0.29) is 5.84 Å². The molecule has 0 fully saturated rings. The normalized spacial score (nSPS) is 12.1. The van der Waals surface area contributed by atoms with Gasteiger partial charge >= 0.3 is 0 Å². The maximum Gasteiger partial charge on any atom is 0.170 e. The maximum absolute atomic E-state index is 8.98. The Balaban J connectivity index is 2.46. The molecule has 0 unspecified atom stereocenters. The van der Waals surface area contributed by atoms with E-state index >= 15 is 0 Å². The molecule has 0 saturated carbocycles. The van der Waals surface area contributed by atoms with E-state index < -0.39 is 0 Å². The number of oxime groups is 1. The Hall–Kier alpha value is -2.30. The van der Waals surface area contributed by atoms with Crippen LogP contribution < -0.4 is 10.6 Å². The summed E-state index contributed by atoms with van der Waals surface area (Å²) < 4.78 is 0. The minimum atomic E-state index is 0.104. The molecule has 3 N–H and O–H groups in total. The van der Waals surface area contributed by atoms with Crippen LogP contribution in [0, 0.1) is 5.92 Å². The fourth-order valence-electron chi connectivity index (χ4n) is 2.19. The molecule has 0 aliphatic heterocycles. The standard InChI is InChI=1S/C16H22N4O/c1-11(2)8-9-20(3)15-10-13(16(17)19-21)12-6-4-5-7-14(12)18-15/h4-7,10-11,21H,8-9H2,1-3H3,(H2,17,19).